The van der Waals surface area contributed by atoms with Crippen molar-refractivity contribution in [2.45, 2.75) is 64.3 Å². The van der Waals surface area contributed by atoms with Gasteiger partial charge in [0.05, 0.1) is 23.0 Å². The molecule has 3 N–H and O–H groups in total. The van der Waals surface area contributed by atoms with Crippen LogP contribution in [0.5, 0.6) is 0 Å². The molecule has 10 heteroatoms. The number of aromatic nitrogens is 4. The zero-order valence-electron chi connectivity index (χ0n) is 21.1. The summed E-state index contributed by atoms with van der Waals surface area (Å²) >= 11 is 0. The molecule has 1 aliphatic heterocycles. The molecule has 4 heterocycles. The Morgan fingerprint density at radius 1 is 1.16 bits per heavy atom. The van der Waals surface area contributed by atoms with Gasteiger partial charge in [-0.3, -0.25) is 9.48 Å². The Hall–Kier alpha value is -3.50. The molecule has 6 rings (SSSR count). The molecule has 0 radical (unpaired) electrons. The van der Waals surface area contributed by atoms with E-state index in [-0.39, 0.29) is 17.7 Å². The summed E-state index contributed by atoms with van der Waals surface area (Å²) in [6.07, 6.45) is 9.00. The van der Waals surface area contributed by atoms with E-state index in [9.17, 15) is 14.3 Å². The first kappa shape index (κ1) is 23.9. The van der Waals surface area contributed by atoms with E-state index >= 15 is 0 Å². The monoisotopic (exact) mass is 505 g/mol. The summed E-state index contributed by atoms with van der Waals surface area (Å²) in [6, 6.07) is 6.00. The van der Waals surface area contributed by atoms with Crippen LogP contribution in [0.2, 0.25) is 0 Å². The number of imidazole rings is 1. The number of carbonyl (C=O) groups is 1. The van der Waals surface area contributed by atoms with Crippen LogP contribution in [0.1, 0.15) is 48.7 Å². The molecule has 3 aromatic heterocycles. The molecule has 1 aromatic carbocycles. The zero-order chi connectivity index (χ0) is 25.7. The van der Waals surface area contributed by atoms with E-state index in [1.54, 1.807) is 23.7 Å². The summed E-state index contributed by atoms with van der Waals surface area (Å²) in [5.41, 5.74) is 3.45. The van der Waals surface area contributed by atoms with Crippen molar-refractivity contribution in [3.05, 3.63) is 53.9 Å². The third kappa shape index (κ3) is 4.55. The van der Waals surface area contributed by atoms with Crippen molar-refractivity contribution in [1.82, 2.24) is 24.5 Å². The van der Waals surface area contributed by atoms with Gasteiger partial charge in [0.2, 0.25) is 0 Å². The minimum Gasteiger partial charge on any atom is -0.393 e. The molecule has 4 aromatic rings. The van der Waals surface area contributed by atoms with Crippen LogP contribution < -0.4 is 15.5 Å². The molecule has 1 saturated heterocycles. The van der Waals surface area contributed by atoms with Crippen LogP contribution in [0, 0.1) is 12.7 Å². The lowest BCUT2D eigenvalue weighted by atomic mass is 9.88. The molecule has 1 aliphatic carbocycles. The van der Waals surface area contributed by atoms with Crippen LogP contribution >= 0.6 is 0 Å². The van der Waals surface area contributed by atoms with Crippen molar-refractivity contribution >= 4 is 33.8 Å². The third-order valence-corrected chi connectivity index (χ3v) is 7.57. The first-order valence-electron chi connectivity index (χ1n) is 13.0. The zero-order valence-corrected chi connectivity index (χ0v) is 21.1. The smallest absolute Gasteiger partial charge is 0.257 e. The number of rotatable bonds is 6. The molecule has 2 aliphatic rings. The maximum absolute atomic E-state index is 14.5. The highest BCUT2D eigenvalue weighted by Gasteiger charge is 2.31. The number of aliphatic hydroxyl groups is 1. The number of anilines is 2. The van der Waals surface area contributed by atoms with Crippen LogP contribution in [0.15, 0.2) is 36.8 Å². The van der Waals surface area contributed by atoms with Gasteiger partial charge < -0.3 is 25.0 Å². The Balaban J connectivity index is 1.23. The van der Waals surface area contributed by atoms with Gasteiger partial charge in [0.1, 0.15) is 5.52 Å². The van der Waals surface area contributed by atoms with E-state index in [0.717, 1.165) is 49.8 Å². The molecule has 37 heavy (non-hydrogen) atoms. The molecular weight excluding hydrogens is 473 g/mol. The Morgan fingerprint density at radius 2 is 1.95 bits per heavy atom. The number of aryl methyl sites for hydroxylation is 2. The van der Waals surface area contributed by atoms with Crippen LogP contribution in [-0.4, -0.2) is 61.5 Å². The van der Waals surface area contributed by atoms with Crippen molar-refractivity contribution in [3.63, 3.8) is 0 Å². The average molecular weight is 506 g/mol. The molecule has 1 saturated carbocycles. The van der Waals surface area contributed by atoms with Crippen LogP contribution in [0.25, 0.3) is 16.6 Å². The number of carbonyl (C=O) groups excluding carboxylic acids is 1. The maximum atomic E-state index is 14.5. The van der Waals surface area contributed by atoms with Crippen molar-refractivity contribution < 1.29 is 14.3 Å². The highest BCUT2D eigenvalue weighted by atomic mass is 19.1. The number of amides is 1. The maximum Gasteiger partial charge on any atom is 0.257 e. The van der Waals surface area contributed by atoms with Crippen LogP contribution in [0.3, 0.4) is 0 Å². The fraction of sp³-hybridized carbons (Fsp3) is 0.444. The number of piperidine rings is 1. The summed E-state index contributed by atoms with van der Waals surface area (Å²) in [4.78, 5) is 19.9. The van der Waals surface area contributed by atoms with E-state index in [1.165, 1.54) is 6.07 Å². The molecule has 9 nitrogen and oxygen atoms in total. The van der Waals surface area contributed by atoms with E-state index in [2.05, 4.69) is 20.5 Å². The molecule has 1 amide bonds. The van der Waals surface area contributed by atoms with Crippen LogP contribution in [0.4, 0.5) is 15.8 Å². The average Bonchev–Trinajstić information content (AvgIpc) is 3.46. The number of pyridine rings is 1. The highest BCUT2D eigenvalue weighted by Crippen LogP contribution is 2.32. The molecule has 194 valence electrons. The Morgan fingerprint density at radius 3 is 2.68 bits per heavy atom. The van der Waals surface area contributed by atoms with Crippen molar-refractivity contribution in [2.24, 2.45) is 0 Å². The molecule has 0 atom stereocenters. The number of halogens is 1. The van der Waals surface area contributed by atoms with Gasteiger partial charge in [0.25, 0.3) is 5.91 Å². The molecule has 0 unspecified atom stereocenters. The fourth-order valence-electron chi connectivity index (χ4n) is 5.55. The van der Waals surface area contributed by atoms with Gasteiger partial charge in [-0.05, 0) is 51.7 Å². The second-order valence-corrected chi connectivity index (χ2v) is 10.3. The number of nitrogens with one attached hydrogen (secondary N) is 2. The molecule has 0 bridgehead atoms. The number of hydrogen-bond donors (Lipinski definition) is 3. The summed E-state index contributed by atoms with van der Waals surface area (Å²) in [6.45, 7) is 6.33. The number of fused-ring (bicyclic) bond motifs is 2. The quantitative estimate of drug-likeness (QED) is 0.371. The second-order valence-electron chi connectivity index (χ2n) is 10.3. The largest absolute Gasteiger partial charge is 0.393 e. The lowest BCUT2D eigenvalue weighted by Crippen LogP contribution is -2.51. The first-order chi connectivity index (χ1) is 17.9. The fourth-order valence-corrected chi connectivity index (χ4v) is 5.55. The van der Waals surface area contributed by atoms with Gasteiger partial charge in [-0.2, -0.15) is 5.10 Å². The normalized spacial score (nSPS) is 20.5. The lowest BCUT2D eigenvalue weighted by Gasteiger charge is -2.39. The van der Waals surface area contributed by atoms with Gasteiger partial charge in [-0.1, -0.05) is 0 Å². The lowest BCUT2D eigenvalue weighted by molar-refractivity contribution is 0.0562. The van der Waals surface area contributed by atoms with Gasteiger partial charge in [-0.15, -0.1) is 0 Å². The third-order valence-electron chi connectivity index (χ3n) is 7.57. The Bertz CT molecular complexity index is 1460. The summed E-state index contributed by atoms with van der Waals surface area (Å²) < 4.78 is 18.0. The van der Waals surface area contributed by atoms with Gasteiger partial charge in [0.15, 0.2) is 11.5 Å². The Labute approximate surface area is 214 Å². The number of hydrogen-bond acceptors (Lipinski definition) is 6. The minimum absolute atomic E-state index is 0.145. The van der Waals surface area contributed by atoms with E-state index in [1.807, 2.05) is 29.9 Å². The van der Waals surface area contributed by atoms with Gasteiger partial charge in [0, 0.05) is 67.4 Å². The SMILES string of the molecule is CCn1cc2c(N3CCC(NC4CC(O)C4)CC3)ccc(C(=O)Nc3cc(F)c4nc(C)cn4c3)c2n1. The standard InChI is InChI=1S/C27H32FN7O2/c1-3-35-15-22-24(33-8-6-17(7-9-33)30-18-10-20(36)11-18)5-4-21(25(22)32-35)27(37)31-19-12-23(28)26-29-16(2)13-34(26)14-19/h4-5,12-15,17-18,20,30,36H,3,6-11H2,1-2H3,(H,31,37). The predicted molar refractivity (Wildman–Crippen MR) is 141 cm³/mol. The van der Waals surface area contributed by atoms with Crippen molar-refractivity contribution in [3.8, 4) is 0 Å². The number of aliphatic hydroxyl groups excluding tert-OH is 1. The van der Waals surface area contributed by atoms with Gasteiger partial charge in [-0.25, -0.2) is 9.37 Å². The Kier molecular flexibility index (Phi) is 6.08. The molecule has 2 fully saturated rings. The number of benzene rings is 1. The first-order valence-corrected chi connectivity index (χ1v) is 13.0. The summed E-state index contributed by atoms with van der Waals surface area (Å²) in [5, 5.41) is 21.7. The highest BCUT2D eigenvalue weighted by molar-refractivity contribution is 6.13. The van der Waals surface area contributed by atoms with Crippen molar-refractivity contribution in [2.75, 3.05) is 23.3 Å². The second kappa shape index (κ2) is 9.42. The summed E-state index contributed by atoms with van der Waals surface area (Å²) in [7, 11) is 0. The minimum atomic E-state index is -0.493. The van der Waals surface area contributed by atoms with E-state index < -0.39 is 5.82 Å². The molecule has 0 spiro atoms. The van der Waals surface area contributed by atoms with Gasteiger partial charge >= 0.3 is 0 Å². The van der Waals surface area contributed by atoms with E-state index in [4.69, 9.17) is 5.10 Å². The predicted octanol–water partition coefficient (Wildman–Crippen LogP) is 3.49. The number of nitrogens with zero attached hydrogens (tertiary/aromatic N) is 5. The topological polar surface area (TPSA) is 99.7 Å². The summed E-state index contributed by atoms with van der Waals surface area (Å²) in [5.74, 6) is -0.827. The van der Waals surface area contributed by atoms with Crippen LogP contribution in [-0.2, 0) is 6.54 Å². The van der Waals surface area contributed by atoms with Crippen molar-refractivity contribution in [1.29, 1.82) is 0 Å². The van der Waals surface area contributed by atoms with E-state index in [0.29, 0.717) is 41.1 Å². The molecular formula is C27H32FN7O2.